The van der Waals surface area contributed by atoms with Gasteiger partial charge in [0.2, 0.25) is 5.91 Å². The Morgan fingerprint density at radius 1 is 1.33 bits per heavy atom. The lowest BCUT2D eigenvalue weighted by Gasteiger charge is -2.31. The van der Waals surface area contributed by atoms with Gasteiger partial charge in [-0.3, -0.25) is 14.9 Å². The van der Waals surface area contributed by atoms with Crippen LogP contribution in [0.1, 0.15) is 5.56 Å². The van der Waals surface area contributed by atoms with Crippen molar-refractivity contribution >= 4 is 17.7 Å². The summed E-state index contributed by atoms with van der Waals surface area (Å²) in [7, 11) is 1.99. The Morgan fingerprint density at radius 3 is 2.62 bits per heavy atom. The van der Waals surface area contributed by atoms with Gasteiger partial charge in [0.05, 0.1) is 16.6 Å². The third-order valence-corrected chi connectivity index (χ3v) is 3.41. The quantitative estimate of drug-likeness (QED) is 0.481. The van der Waals surface area contributed by atoms with Crippen molar-refractivity contribution in [2.45, 2.75) is 0 Å². The van der Waals surface area contributed by atoms with E-state index in [1.54, 1.807) is 4.90 Å². The number of carbonyl (C=O) groups excluding carboxylic acids is 1. The zero-order valence-electron chi connectivity index (χ0n) is 11.7. The minimum Gasteiger partial charge on any atom is -0.337 e. The summed E-state index contributed by atoms with van der Waals surface area (Å²) in [5.74, 6) is -0.869. The molecule has 21 heavy (non-hydrogen) atoms. The van der Waals surface area contributed by atoms with Gasteiger partial charge in [-0.1, -0.05) is 0 Å². The van der Waals surface area contributed by atoms with E-state index in [4.69, 9.17) is 0 Å². The molecule has 0 spiro atoms. The first-order valence-electron chi connectivity index (χ1n) is 6.57. The lowest BCUT2D eigenvalue weighted by Crippen LogP contribution is -2.46. The highest BCUT2D eigenvalue weighted by molar-refractivity contribution is 5.92. The van der Waals surface area contributed by atoms with Crippen LogP contribution in [0.25, 0.3) is 6.08 Å². The topological polar surface area (TPSA) is 66.7 Å². The van der Waals surface area contributed by atoms with Gasteiger partial charge < -0.3 is 9.80 Å². The van der Waals surface area contributed by atoms with Crippen LogP contribution >= 0.6 is 0 Å². The monoisotopic (exact) mass is 293 g/mol. The Balaban J connectivity index is 2.10. The van der Waals surface area contributed by atoms with Crippen LogP contribution in [0.4, 0.5) is 10.1 Å². The number of piperazine rings is 1. The van der Waals surface area contributed by atoms with Crippen molar-refractivity contribution in [3.63, 3.8) is 0 Å². The van der Waals surface area contributed by atoms with E-state index in [0.717, 1.165) is 25.2 Å². The molecule has 0 aromatic heterocycles. The molecular weight excluding hydrogens is 277 g/mol. The molecule has 0 N–H and O–H groups in total. The van der Waals surface area contributed by atoms with E-state index < -0.39 is 10.7 Å². The second-order valence-corrected chi connectivity index (χ2v) is 4.92. The molecule has 0 atom stereocenters. The Hall–Kier alpha value is -2.28. The van der Waals surface area contributed by atoms with Gasteiger partial charge in [0.15, 0.2) is 0 Å². The fourth-order valence-electron chi connectivity index (χ4n) is 2.11. The number of hydrogen-bond acceptors (Lipinski definition) is 4. The van der Waals surface area contributed by atoms with Gasteiger partial charge in [-0.05, 0) is 25.3 Å². The molecular formula is C14H16FN3O3. The molecule has 112 valence electrons. The van der Waals surface area contributed by atoms with Gasteiger partial charge in [0.25, 0.3) is 5.69 Å². The fraction of sp³-hybridized carbons (Fsp3) is 0.357. The minimum atomic E-state index is -0.677. The summed E-state index contributed by atoms with van der Waals surface area (Å²) in [6.45, 7) is 2.86. The van der Waals surface area contributed by atoms with Gasteiger partial charge >= 0.3 is 0 Å². The highest BCUT2D eigenvalue weighted by Crippen LogP contribution is 2.21. The summed E-state index contributed by atoms with van der Waals surface area (Å²) >= 11 is 0. The summed E-state index contributed by atoms with van der Waals surface area (Å²) in [4.78, 5) is 26.0. The van der Waals surface area contributed by atoms with Crippen molar-refractivity contribution in [1.82, 2.24) is 9.80 Å². The van der Waals surface area contributed by atoms with Crippen LogP contribution in [-0.2, 0) is 4.79 Å². The second kappa shape index (κ2) is 6.45. The average molecular weight is 293 g/mol. The van der Waals surface area contributed by atoms with Gasteiger partial charge in [-0.25, -0.2) is 4.39 Å². The lowest BCUT2D eigenvalue weighted by atomic mass is 10.1. The van der Waals surface area contributed by atoms with Gasteiger partial charge in [0, 0.05) is 32.3 Å². The van der Waals surface area contributed by atoms with Crippen LogP contribution in [0.5, 0.6) is 0 Å². The number of benzene rings is 1. The summed E-state index contributed by atoms with van der Waals surface area (Å²) in [5.41, 5.74) is -0.138. The van der Waals surface area contributed by atoms with E-state index in [-0.39, 0.29) is 17.2 Å². The summed E-state index contributed by atoms with van der Waals surface area (Å²) in [6.07, 6.45) is 2.66. The molecule has 1 aromatic rings. The number of nitro groups is 1. The molecule has 0 unspecified atom stereocenters. The smallest absolute Gasteiger partial charge is 0.279 e. The number of rotatable bonds is 3. The first-order valence-corrected chi connectivity index (χ1v) is 6.57. The molecule has 0 bridgehead atoms. The standard InChI is InChI=1S/C14H16FN3O3/c1-16-6-8-17(9-7-16)14(19)5-3-11-2-4-12(15)10-13(11)18(20)21/h2-5,10H,6-9H2,1H3. The predicted octanol–water partition coefficient (Wildman–Crippen LogP) is 1.52. The number of amides is 1. The van der Waals surface area contributed by atoms with Gasteiger partial charge in [-0.15, -0.1) is 0 Å². The van der Waals surface area contributed by atoms with Crippen LogP contribution in [0.15, 0.2) is 24.3 Å². The van der Waals surface area contributed by atoms with Crippen LogP contribution in [0, 0.1) is 15.9 Å². The molecule has 7 heteroatoms. The number of likely N-dealkylation sites (N-methyl/N-ethyl adjacent to an activating group) is 1. The molecule has 1 heterocycles. The summed E-state index contributed by atoms with van der Waals surface area (Å²) < 4.78 is 13.0. The SMILES string of the molecule is CN1CCN(C(=O)C=Cc2ccc(F)cc2[N+](=O)[O-])CC1. The molecule has 1 aliphatic rings. The number of nitrogens with zero attached hydrogens (tertiary/aromatic N) is 3. The molecule has 6 nitrogen and oxygen atoms in total. The average Bonchev–Trinajstić information content (AvgIpc) is 2.46. The van der Waals surface area contributed by atoms with Crippen LogP contribution in [-0.4, -0.2) is 53.9 Å². The van der Waals surface area contributed by atoms with E-state index in [0.29, 0.717) is 13.1 Å². The Morgan fingerprint density at radius 2 is 2.00 bits per heavy atom. The fourth-order valence-corrected chi connectivity index (χ4v) is 2.11. The van der Waals surface area contributed by atoms with Crippen molar-refractivity contribution in [2.24, 2.45) is 0 Å². The number of carbonyl (C=O) groups is 1. The van der Waals surface area contributed by atoms with E-state index in [9.17, 15) is 19.3 Å². The van der Waals surface area contributed by atoms with E-state index >= 15 is 0 Å². The lowest BCUT2D eigenvalue weighted by molar-refractivity contribution is -0.385. The third kappa shape index (κ3) is 3.85. The Bertz CT molecular complexity index is 581. The largest absolute Gasteiger partial charge is 0.337 e. The molecule has 0 radical (unpaired) electrons. The maximum absolute atomic E-state index is 13.0. The second-order valence-electron chi connectivity index (χ2n) is 4.92. The molecule has 1 amide bonds. The molecule has 1 saturated heterocycles. The summed E-state index contributed by atoms with van der Waals surface area (Å²) in [5, 5.41) is 10.9. The van der Waals surface area contributed by atoms with E-state index in [1.165, 1.54) is 18.2 Å². The maximum atomic E-state index is 13.0. The predicted molar refractivity (Wildman–Crippen MR) is 76.2 cm³/mol. The van der Waals surface area contributed by atoms with Crippen molar-refractivity contribution in [1.29, 1.82) is 0 Å². The van der Waals surface area contributed by atoms with Crippen molar-refractivity contribution < 1.29 is 14.1 Å². The third-order valence-electron chi connectivity index (χ3n) is 3.41. The van der Waals surface area contributed by atoms with E-state index in [1.807, 2.05) is 7.05 Å². The molecule has 1 aromatic carbocycles. The number of hydrogen-bond donors (Lipinski definition) is 0. The highest BCUT2D eigenvalue weighted by Gasteiger charge is 2.18. The van der Waals surface area contributed by atoms with Crippen LogP contribution in [0.3, 0.4) is 0 Å². The van der Waals surface area contributed by atoms with E-state index in [2.05, 4.69) is 4.90 Å². The molecule has 0 aliphatic carbocycles. The molecule has 0 saturated carbocycles. The zero-order chi connectivity index (χ0) is 15.4. The summed E-state index contributed by atoms with van der Waals surface area (Å²) in [6, 6.07) is 3.27. The van der Waals surface area contributed by atoms with Gasteiger partial charge in [0.1, 0.15) is 5.82 Å². The van der Waals surface area contributed by atoms with Crippen molar-refractivity contribution in [2.75, 3.05) is 33.2 Å². The molecule has 1 aliphatic heterocycles. The first-order chi connectivity index (χ1) is 9.97. The number of nitro benzene ring substituents is 1. The first kappa shape index (κ1) is 15.1. The van der Waals surface area contributed by atoms with Crippen LogP contribution < -0.4 is 0 Å². The van der Waals surface area contributed by atoms with Gasteiger partial charge in [-0.2, -0.15) is 0 Å². The molecule has 2 rings (SSSR count). The van der Waals surface area contributed by atoms with Crippen molar-refractivity contribution in [3.05, 3.63) is 45.8 Å². The Labute approximate surface area is 121 Å². The maximum Gasteiger partial charge on any atom is 0.279 e. The number of halogens is 1. The molecule has 1 fully saturated rings. The highest BCUT2D eigenvalue weighted by atomic mass is 19.1. The van der Waals surface area contributed by atoms with Crippen molar-refractivity contribution in [3.8, 4) is 0 Å². The Kier molecular flexibility index (Phi) is 4.64. The zero-order valence-corrected chi connectivity index (χ0v) is 11.7. The minimum absolute atomic E-state index is 0.193. The van der Waals surface area contributed by atoms with Crippen LogP contribution in [0.2, 0.25) is 0 Å². The normalized spacial score (nSPS) is 16.4.